The first-order valence-corrected chi connectivity index (χ1v) is 5.52. The third-order valence-corrected chi connectivity index (χ3v) is 2.86. The molecule has 0 saturated carbocycles. The van der Waals surface area contributed by atoms with Crippen LogP contribution in [0.15, 0.2) is 30.5 Å². The molecule has 0 radical (unpaired) electrons. The molecule has 0 aliphatic rings. The summed E-state index contributed by atoms with van der Waals surface area (Å²) in [6.07, 6.45) is 3.36. The van der Waals surface area contributed by atoms with E-state index < -0.39 is 0 Å². The van der Waals surface area contributed by atoms with Gasteiger partial charge in [0, 0.05) is 23.6 Å². The zero-order valence-corrected chi connectivity index (χ0v) is 9.46. The van der Waals surface area contributed by atoms with Crippen LogP contribution in [0.1, 0.15) is 12.0 Å². The number of nitrogens with one attached hydrogen (secondary N) is 1. The van der Waals surface area contributed by atoms with E-state index in [1.54, 1.807) is 0 Å². The highest BCUT2D eigenvalue weighted by atomic mass is 15.0. The van der Waals surface area contributed by atoms with E-state index in [0.29, 0.717) is 0 Å². The molecular formula is C13H18N2. The minimum absolute atomic E-state index is 1.07. The molecule has 2 aromatic rings. The topological polar surface area (TPSA) is 17.0 Å². The molecule has 1 N–H and O–H groups in total. The Kier molecular flexibility index (Phi) is 3.07. The first-order valence-electron chi connectivity index (χ1n) is 5.52. The summed E-state index contributed by atoms with van der Waals surface area (Å²) in [5, 5.41) is 4.55. The van der Waals surface area contributed by atoms with Gasteiger partial charge >= 0.3 is 0 Å². The summed E-state index contributed by atoms with van der Waals surface area (Å²) < 4.78 is 2.33. The summed E-state index contributed by atoms with van der Waals surface area (Å²) >= 11 is 0. The van der Waals surface area contributed by atoms with Crippen molar-refractivity contribution in [3.8, 4) is 0 Å². The Bertz CT molecular complexity index is 443. The number of hydrogen-bond acceptors (Lipinski definition) is 1. The Morgan fingerprint density at radius 3 is 2.93 bits per heavy atom. The smallest absolute Gasteiger partial charge is 0.0482 e. The van der Waals surface area contributed by atoms with Crippen LogP contribution < -0.4 is 5.32 Å². The van der Waals surface area contributed by atoms with Gasteiger partial charge in [0.05, 0.1) is 0 Å². The van der Waals surface area contributed by atoms with Crippen molar-refractivity contribution >= 4 is 10.9 Å². The molecule has 0 aliphatic carbocycles. The van der Waals surface area contributed by atoms with E-state index in [2.05, 4.69) is 47.3 Å². The SMILES string of the molecule is CNCCCn1ccc2c(C)cccc21. The van der Waals surface area contributed by atoms with Gasteiger partial charge in [0.1, 0.15) is 0 Å². The van der Waals surface area contributed by atoms with Crippen molar-refractivity contribution in [2.45, 2.75) is 19.9 Å². The Morgan fingerprint density at radius 2 is 2.13 bits per heavy atom. The van der Waals surface area contributed by atoms with Gasteiger partial charge in [0.15, 0.2) is 0 Å². The Balaban J connectivity index is 2.25. The third-order valence-electron chi connectivity index (χ3n) is 2.86. The lowest BCUT2D eigenvalue weighted by molar-refractivity contribution is 0.627. The van der Waals surface area contributed by atoms with Crippen LogP contribution in [0.25, 0.3) is 10.9 Å². The Labute approximate surface area is 90.9 Å². The first-order chi connectivity index (χ1) is 7.33. The maximum absolute atomic E-state index is 3.18. The number of nitrogens with zero attached hydrogens (tertiary/aromatic N) is 1. The molecule has 0 atom stereocenters. The lowest BCUT2D eigenvalue weighted by Crippen LogP contribution is -2.10. The molecule has 0 amide bonds. The van der Waals surface area contributed by atoms with Gasteiger partial charge in [0.2, 0.25) is 0 Å². The van der Waals surface area contributed by atoms with Gasteiger partial charge < -0.3 is 9.88 Å². The molecule has 0 aliphatic heterocycles. The summed E-state index contributed by atoms with van der Waals surface area (Å²) in [6.45, 7) is 4.33. The van der Waals surface area contributed by atoms with Crippen molar-refractivity contribution in [1.82, 2.24) is 9.88 Å². The molecule has 80 valence electrons. The maximum atomic E-state index is 3.18. The van der Waals surface area contributed by atoms with Crippen LogP contribution in [0.2, 0.25) is 0 Å². The third kappa shape index (κ3) is 2.05. The monoisotopic (exact) mass is 202 g/mol. The summed E-state index contributed by atoms with van der Waals surface area (Å²) in [4.78, 5) is 0. The Morgan fingerprint density at radius 1 is 1.27 bits per heavy atom. The fourth-order valence-corrected chi connectivity index (χ4v) is 2.00. The number of hydrogen-bond donors (Lipinski definition) is 1. The van der Waals surface area contributed by atoms with Gasteiger partial charge in [-0.25, -0.2) is 0 Å². The normalized spacial score (nSPS) is 11.1. The second kappa shape index (κ2) is 4.49. The van der Waals surface area contributed by atoms with Crippen molar-refractivity contribution in [2.75, 3.05) is 13.6 Å². The molecule has 0 saturated heterocycles. The number of aryl methyl sites for hydroxylation is 2. The molecule has 0 fully saturated rings. The van der Waals surface area contributed by atoms with Crippen LogP contribution in [0.5, 0.6) is 0 Å². The molecule has 2 rings (SSSR count). The number of benzene rings is 1. The molecule has 2 heteroatoms. The van der Waals surface area contributed by atoms with Crippen LogP contribution in [0.3, 0.4) is 0 Å². The zero-order chi connectivity index (χ0) is 10.7. The van der Waals surface area contributed by atoms with Crippen LogP contribution in [-0.2, 0) is 6.54 Å². The number of aromatic nitrogens is 1. The summed E-state index contributed by atoms with van der Waals surface area (Å²) in [5.74, 6) is 0. The highest BCUT2D eigenvalue weighted by Crippen LogP contribution is 2.19. The van der Waals surface area contributed by atoms with E-state index >= 15 is 0 Å². The fourth-order valence-electron chi connectivity index (χ4n) is 2.00. The fraction of sp³-hybridized carbons (Fsp3) is 0.385. The number of fused-ring (bicyclic) bond motifs is 1. The first kappa shape index (κ1) is 10.2. The van der Waals surface area contributed by atoms with Crippen molar-refractivity contribution in [2.24, 2.45) is 0 Å². The van der Waals surface area contributed by atoms with Crippen LogP contribution in [-0.4, -0.2) is 18.2 Å². The average molecular weight is 202 g/mol. The molecule has 1 aromatic carbocycles. The largest absolute Gasteiger partial charge is 0.347 e. The predicted octanol–water partition coefficient (Wildman–Crippen LogP) is 2.56. The van der Waals surface area contributed by atoms with Crippen molar-refractivity contribution < 1.29 is 0 Å². The number of rotatable bonds is 4. The van der Waals surface area contributed by atoms with Gasteiger partial charge in [-0.1, -0.05) is 12.1 Å². The average Bonchev–Trinajstić information content (AvgIpc) is 2.64. The molecule has 0 spiro atoms. The standard InChI is InChI=1S/C13H18N2/c1-11-5-3-6-13-12(11)7-10-15(13)9-4-8-14-2/h3,5-7,10,14H,4,8-9H2,1-2H3. The summed E-state index contributed by atoms with van der Waals surface area (Å²) in [5.41, 5.74) is 2.71. The van der Waals surface area contributed by atoms with E-state index in [4.69, 9.17) is 0 Å². The van der Waals surface area contributed by atoms with E-state index in [0.717, 1.165) is 13.1 Å². The Hall–Kier alpha value is -1.28. The van der Waals surface area contributed by atoms with Crippen molar-refractivity contribution in [3.05, 3.63) is 36.0 Å². The van der Waals surface area contributed by atoms with E-state index in [1.807, 2.05) is 7.05 Å². The molecule has 0 bridgehead atoms. The molecule has 1 heterocycles. The predicted molar refractivity (Wildman–Crippen MR) is 65.2 cm³/mol. The van der Waals surface area contributed by atoms with Crippen LogP contribution >= 0.6 is 0 Å². The maximum Gasteiger partial charge on any atom is 0.0482 e. The van der Waals surface area contributed by atoms with Crippen LogP contribution in [0, 0.1) is 6.92 Å². The van der Waals surface area contributed by atoms with E-state index in [1.165, 1.54) is 22.9 Å². The van der Waals surface area contributed by atoms with Gasteiger partial charge in [-0.3, -0.25) is 0 Å². The second-order valence-electron chi connectivity index (χ2n) is 3.97. The van der Waals surface area contributed by atoms with Gasteiger partial charge in [0.25, 0.3) is 0 Å². The molecular weight excluding hydrogens is 184 g/mol. The second-order valence-corrected chi connectivity index (χ2v) is 3.97. The minimum atomic E-state index is 1.07. The van der Waals surface area contributed by atoms with Crippen molar-refractivity contribution in [1.29, 1.82) is 0 Å². The quantitative estimate of drug-likeness (QED) is 0.754. The minimum Gasteiger partial charge on any atom is -0.347 e. The lowest BCUT2D eigenvalue weighted by Gasteiger charge is -2.05. The molecule has 2 nitrogen and oxygen atoms in total. The van der Waals surface area contributed by atoms with Gasteiger partial charge in [-0.15, -0.1) is 0 Å². The van der Waals surface area contributed by atoms with Crippen molar-refractivity contribution in [3.63, 3.8) is 0 Å². The van der Waals surface area contributed by atoms with Crippen LogP contribution in [0.4, 0.5) is 0 Å². The highest BCUT2D eigenvalue weighted by Gasteiger charge is 2.01. The molecule has 15 heavy (non-hydrogen) atoms. The summed E-state index contributed by atoms with van der Waals surface area (Å²) in [6, 6.07) is 8.71. The van der Waals surface area contributed by atoms with E-state index in [-0.39, 0.29) is 0 Å². The molecule has 0 unspecified atom stereocenters. The zero-order valence-electron chi connectivity index (χ0n) is 9.46. The molecule has 1 aromatic heterocycles. The summed E-state index contributed by atoms with van der Waals surface area (Å²) in [7, 11) is 2.00. The highest BCUT2D eigenvalue weighted by molar-refractivity contribution is 5.83. The lowest BCUT2D eigenvalue weighted by atomic mass is 10.1. The van der Waals surface area contributed by atoms with Gasteiger partial charge in [-0.05, 0) is 44.6 Å². The van der Waals surface area contributed by atoms with Gasteiger partial charge in [-0.2, -0.15) is 0 Å². The van der Waals surface area contributed by atoms with E-state index in [9.17, 15) is 0 Å².